The first-order valence-electron chi connectivity index (χ1n) is 3.75. The van der Waals surface area contributed by atoms with E-state index in [2.05, 4.69) is 6.58 Å². The molecule has 2 nitrogen and oxygen atoms in total. The molecule has 1 rings (SSSR count). The molecular weight excluding hydrogens is 152 g/mol. The molecule has 0 saturated carbocycles. The number of allylic oxidation sites excluding steroid dienone is 1. The zero-order valence-electron chi connectivity index (χ0n) is 7.04. The van der Waals surface area contributed by atoms with Gasteiger partial charge in [-0.15, -0.1) is 0 Å². The van der Waals surface area contributed by atoms with Gasteiger partial charge in [0.15, 0.2) is 0 Å². The van der Waals surface area contributed by atoms with Crippen molar-refractivity contribution in [2.75, 3.05) is 0 Å². The van der Waals surface area contributed by atoms with Gasteiger partial charge in [0.1, 0.15) is 11.5 Å². The number of hydrogen-bond acceptors (Lipinski definition) is 2. The molecule has 0 amide bonds. The topological polar surface area (TPSA) is 40.5 Å². The van der Waals surface area contributed by atoms with E-state index in [4.69, 9.17) is 5.11 Å². The van der Waals surface area contributed by atoms with E-state index in [0.717, 1.165) is 5.57 Å². The summed E-state index contributed by atoms with van der Waals surface area (Å²) >= 11 is 0. The third-order valence-corrected chi connectivity index (χ3v) is 1.56. The molecule has 1 aromatic rings. The van der Waals surface area contributed by atoms with Crippen molar-refractivity contribution in [1.29, 1.82) is 0 Å². The summed E-state index contributed by atoms with van der Waals surface area (Å²) in [6.45, 7) is 5.61. The molecule has 0 aliphatic carbocycles. The van der Waals surface area contributed by atoms with Crippen molar-refractivity contribution in [3.05, 3.63) is 35.9 Å². The summed E-state index contributed by atoms with van der Waals surface area (Å²) in [7, 11) is 0. The van der Waals surface area contributed by atoms with Crippen LogP contribution in [0.5, 0.6) is 11.5 Å². The van der Waals surface area contributed by atoms with Crippen molar-refractivity contribution in [2.45, 2.75) is 13.3 Å². The molecule has 2 N–H and O–H groups in total. The summed E-state index contributed by atoms with van der Waals surface area (Å²) < 4.78 is 0. The molecule has 0 fully saturated rings. The fourth-order valence-electron chi connectivity index (χ4n) is 1.04. The Balaban J connectivity index is 2.97. The highest BCUT2D eigenvalue weighted by Crippen LogP contribution is 2.23. The minimum absolute atomic E-state index is 0.170. The zero-order chi connectivity index (χ0) is 9.14. The molecule has 0 aliphatic rings. The Hall–Kier alpha value is -1.44. The lowest BCUT2D eigenvalue weighted by atomic mass is 10.1. The van der Waals surface area contributed by atoms with Gasteiger partial charge in [-0.3, -0.25) is 0 Å². The lowest BCUT2D eigenvalue weighted by molar-refractivity contribution is 0.455. The maximum Gasteiger partial charge on any atom is 0.119 e. The third kappa shape index (κ3) is 2.02. The maximum atomic E-state index is 9.33. The summed E-state index contributed by atoms with van der Waals surface area (Å²) in [6.07, 6.45) is 0.597. The fourth-order valence-corrected chi connectivity index (χ4v) is 1.04. The van der Waals surface area contributed by atoms with Crippen molar-refractivity contribution in [3.8, 4) is 11.5 Å². The molecule has 0 unspecified atom stereocenters. The van der Waals surface area contributed by atoms with Gasteiger partial charge in [-0.2, -0.15) is 0 Å². The maximum absolute atomic E-state index is 9.33. The van der Waals surface area contributed by atoms with Crippen LogP contribution in [0.25, 0.3) is 0 Å². The monoisotopic (exact) mass is 164 g/mol. The lowest BCUT2D eigenvalue weighted by Gasteiger charge is -2.03. The highest BCUT2D eigenvalue weighted by atomic mass is 16.3. The Labute approximate surface area is 71.8 Å². The quantitative estimate of drug-likeness (QED) is 0.519. The SMILES string of the molecule is C=C(C)Cc1cc(O)ccc1O. The molecule has 0 atom stereocenters. The van der Waals surface area contributed by atoms with Gasteiger partial charge in [0, 0.05) is 5.56 Å². The van der Waals surface area contributed by atoms with Crippen molar-refractivity contribution in [1.82, 2.24) is 0 Å². The van der Waals surface area contributed by atoms with Crippen LogP contribution in [0.3, 0.4) is 0 Å². The molecular formula is C10H12O2. The van der Waals surface area contributed by atoms with Crippen molar-refractivity contribution in [3.63, 3.8) is 0 Å². The van der Waals surface area contributed by atoms with Crippen molar-refractivity contribution >= 4 is 0 Å². The van der Waals surface area contributed by atoms with E-state index >= 15 is 0 Å². The van der Waals surface area contributed by atoms with Crippen LogP contribution in [0.1, 0.15) is 12.5 Å². The lowest BCUT2D eigenvalue weighted by Crippen LogP contribution is -1.85. The van der Waals surface area contributed by atoms with E-state index in [1.54, 1.807) is 6.07 Å². The largest absolute Gasteiger partial charge is 0.508 e. The van der Waals surface area contributed by atoms with Crippen LogP contribution in [0.2, 0.25) is 0 Å². The molecule has 0 saturated heterocycles. The molecule has 2 heteroatoms. The van der Waals surface area contributed by atoms with Gasteiger partial charge < -0.3 is 10.2 Å². The van der Waals surface area contributed by atoms with E-state index in [1.807, 2.05) is 6.92 Å². The number of phenols is 2. The summed E-state index contributed by atoms with van der Waals surface area (Å²) in [5.74, 6) is 0.375. The molecule has 0 aromatic heterocycles. The molecule has 0 bridgehead atoms. The molecule has 64 valence electrons. The predicted octanol–water partition coefficient (Wildman–Crippen LogP) is 2.22. The normalized spacial score (nSPS) is 9.75. The number of aromatic hydroxyl groups is 2. The second-order valence-electron chi connectivity index (χ2n) is 2.95. The van der Waals surface area contributed by atoms with Crippen molar-refractivity contribution < 1.29 is 10.2 Å². The van der Waals surface area contributed by atoms with E-state index < -0.39 is 0 Å². The van der Waals surface area contributed by atoms with Crippen LogP contribution in [-0.4, -0.2) is 10.2 Å². The molecule has 1 aromatic carbocycles. The second-order valence-corrected chi connectivity index (χ2v) is 2.95. The van der Waals surface area contributed by atoms with Crippen LogP contribution < -0.4 is 0 Å². The number of phenolic OH excluding ortho intramolecular Hbond substituents is 2. The van der Waals surface area contributed by atoms with Gasteiger partial charge in [-0.1, -0.05) is 12.2 Å². The Morgan fingerprint density at radius 3 is 2.67 bits per heavy atom. The van der Waals surface area contributed by atoms with Crippen LogP contribution in [0.4, 0.5) is 0 Å². The Morgan fingerprint density at radius 2 is 2.08 bits per heavy atom. The summed E-state index contributed by atoms with van der Waals surface area (Å²) in [6, 6.07) is 4.48. The molecule has 0 spiro atoms. The summed E-state index contributed by atoms with van der Waals surface area (Å²) in [5, 5.41) is 18.4. The van der Waals surface area contributed by atoms with Crippen LogP contribution in [0, 0.1) is 0 Å². The van der Waals surface area contributed by atoms with Crippen LogP contribution in [-0.2, 0) is 6.42 Å². The van der Waals surface area contributed by atoms with E-state index in [0.29, 0.717) is 12.0 Å². The van der Waals surface area contributed by atoms with Crippen LogP contribution in [0.15, 0.2) is 30.4 Å². The van der Waals surface area contributed by atoms with Gasteiger partial charge in [0.05, 0.1) is 0 Å². The average molecular weight is 164 g/mol. The summed E-state index contributed by atoms with van der Waals surface area (Å²) in [5.41, 5.74) is 1.67. The second kappa shape index (κ2) is 3.30. The third-order valence-electron chi connectivity index (χ3n) is 1.56. The smallest absolute Gasteiger partial charge is 0.119 e. The van der Waals surface area contributed by atoms with Gasteiger partial charge in [0.2, 0.25) is 0 Å². The van der Waals surface area contributed by atoms with E-state index in [9.17, 15) is 5.11 Å². The zero-order valence-corrected chi connectivity index (χ0v) is 7.04. The first-order chi connectivity index (χ1) is 5.59. The van der Waals surface area contributed by atoms with Gasteiger partial charge in [0.25, 0.3) is 0 Å². The summed E-state index contributed by atoms with van der Waals surface area (Å²) in [4.78, 5) is 0. The van der Waals surface area contributed by atoms with Crippen LogP contribution >= 0.6 is 0 Å². The number of rotatable bonds is 2. The highest BCUT2D eigenvalue weighted by molar-refractivity contribution is 5.40. The molecule has 12 heavy (non-hydrogen) atoms. The standard InChI is InChI=1S/C10H12O2/c1-7(2)5-8-6-9(11)3-4-10(8)12/h3-4,6,11-12H,1,5H2,2H3. The predicted molar refractivity (Wildman–Crippen MR) is 48.3 cm³/mol. The molecule has 0 aliphatic heterocycles. The first kappa shape index (κ1) is 8.65. The highest BCUT2D eigenvalue weighted by Gasteiger charge is 2.01. The molecule has 0 radical (unpaired) electrons. The Bertz CT molecular complexity index is 303. The first-order valence-corrected chi connectivity index (χ1v) is 3.75. The fraction of sp³-hybridized carbons (Fsp3) is 0.200. The Morgan fingerprint density at radius 1 is 1.42 bits per heavy atom. The number of benzene rings is 1. The van der Waals surface area contributed by atoms with E-state index in [1.165, 1.54) is 12.1 Å². The minimum atomic E-state index is 0.170. The average Bonchev–Trinajstić information content (AvgIpc) is 1.96. The van der Waals surface area contributed by atoms with Gasteiger partial charge in [-0.25, -0.2) is 0 Å². The van der Waals surface area contributed by atoms with Crippen molar-refractivity contribution in [2.24, 2.45) is 0 Å². The van der Waals surface area contributed by atoms with E-state index in [-0.39, 0.29) is 11.5 Å². The Kier molecular flexibility index (Phi) is 2.38. The number of hydrogen-bond donors (Lipinski definition) is 2. The molecule has 0 heterocycles. The van der Waals surface area contributed by atoms with Gasteiger partial charge in [-0.05, 0) is 31.5 Å². The minimum Gasteiger partial charge on any atom is -0.508 e. The van der Waals surface area contributed by atoms with Gasteiger partial charge >= 0.3 is 0 Å².